The minimum absolute atomic E-state index is 0.122. The van der Waals surface area contributed by atoms with Gasteiger partial charge in [0.25, 0.3) is 0 Å². The number of benzene rings is 1. The molecule has 1 unspecified atom stereocenters. The van der Waals surface area contributed by atoms with E-state index >= 15 is 0 Å². The maximum absolute atomic E-state index is 5.83. The van der Waals surface area contributed by atoms with Crippen LogP contribution < -0.4 is 10.5 Å². The van der Waals surface area contributed by atoms with Crippen LogP contribution in [0.3, 0.4) is 0 Å². The summed E-state index contributed by atoms with van der Waals surface area (Å²) < 4.78 is 12.4. The molecular weight excluding hydrogens is 306 g/mol. The van der Waals surface area contributed by atoms with E-state index in [4.69, 9.17) is 15.2 Å². The zero-order chi connectivity index (χ0) is 14.5. The predicted molar refractivity (Wildman–Crippen MR) is 82.7 cm³/mol. The Bertz CT molecular complexity index is 400. The van der Waals surface area contributed by atoms with Crippen LogP contribution in [0.4, 0.5) is 0 Å². The van der Waals surface area contributed by atoms with E-state index in [-0.39, 0.29) is 11.6 Å². The van der Waals surface area contributed by atoms with Gasteiger partial charge in [-0.3, -0.25) is 0 Å². The summed E-state index contributed by atoms with van der Waals surface area (Å²) in [6.45, 7) is 9.24. The molecule has 3 nitrogen and oxygen atoms in total. The molecule has 0 spiro atoms. The van der Waals surface area contributed by atoms with Crippen molar-refractivity contribution in [2.75, 3.05) is 13.2 Å². The first-order valence-electron chi connectivity index (χ1n) is 6.59. The Kier molecular flexibility index (Phi) is 6.30. The molecule has 1 aromatic carbocycles. The lowest BCUT2D eigenvalue weighted by Gasteiger charge is -2.19. The molecule has 0 aromatic heterocycles. The predicted octanol–water partition coefficient (Wildman–Crippen LogP) is 3.53. The Hall–Kier alpha value is -0.580. The van der Waals surface area contributed by atoms with Crippen molar-refractivity contribution in [3.8, 4) is 5.75 Å². The highest BCUT2D eigenvalue weighted by Crippen LogP contribution is 2.23. The van der Waals surface area contributed by atoms with Gasteiger partial charge in [-0.25, -0.2) is 0 Å². The molecule has 1 rings (SSSR count). The van der Waals surface area contributed by atoms with Crippen LogP contribution >= 0.6 is 15.9 Å². The van der Waals surface area contributed by atoms with Gasteiger partial charge in [0.1, 0.15) is 12.4 Å². The number of hydrogen-bond donors (Lipinski definition) is 1. The molecule has 0 fully saturated rings. The number of rotatable bonds is 6. The summed E-state index contributed by atoms with van der Waals surface area (Å²) in [6.07, 6.45) is 0.830. The Balaban J connectivity index is 2.50. The van der Waals surface area contributed by atoms with E-state index < -0.39 is 0 Å². The van der Waals surface area contributed by atoms with Crippen LogP contribution in [0.5, 0.6) is 5.75 Å². The van der Waals surface area contributed by atoms with Gasteiger partial charge in [-0.1, -0.05) is 15.9 Å². The molecule has 4 heteroatoms. The zero-order valence-electron chi connectivity index (χ0n) is 12.2. The molecule has 0 aliphatic heterocycles. The third-order valence-electron chi connectivity index (χ3n) is 2.45. The van der Waals surface area contributed by atoms with Crippen molar-refractivity contribution >= 4 is 15.9 Å². The number of hydrogen-bond acceptors (Lipinski definition) is 3. The van der Waals surface area contributed by atoms with E-state index in [2.05, 4.69) is 15.9 Å². The van der Waals surface area contributed by atoms with Crippen molar-refractivity contribution in [1.29, 1.82) is 0 Å². The lowest BCUT2D eigenvalue weighted by atomic mass is 10.1. The van der Waals surface area contributed by atoms with E-state index in [0.717, 1.165) is 16.6 Å². The van der Waals surface area contributed by atoms with Gasteiger partial charge in [0.2, 0.25) is 0 Å². The second kappa shape index (κ2) is 7.27. The fourth-order valence-electron chi connectivity index (χ4n) is 1.65. The summed E-state index contributed by atoms with van der Waals surface area (Å²) in [4.78, 5) is 0. The molecule has 0 amide bonds. The van der Waals surface area contributed by atoms with Crippen LogP contribution in [0, 0.1) is 0 Å². The quantitative estimate of drug-likeness (QED) is 0.812. The highest BCUT2D eigenvalue weighted by atomic mass is 79.9. The molecule has 0 heterocycles. The largest absolute Gasteiger partial charge is 0.491 e. The summed E-state index contributed by atoms with van der Waals surface area (Å²) in [6, 6.07) is 6.12. The van der Waals surface area contributed by atoms with Crippen LogP contribution in [0.1, 0.15) is 33.3 Å². The normalized spacial score (nSPS) is 13.4. The Labute approximate surface area is 124 Å². The van der Waals surface area contributed by atoms with Crippen LogP contribution in [-0.2, 0) is 11.2 Å². The van der Waals surface area contributed by atoms with Gasteiger partial charge in [-0.2, -0.15) is 0 Å². The fourth-order valence-corrected chi connectivity index (χ4v) is 2.06. The summed E-state index contributed by atoms with van der Waals surface area (Å²) >= 11 is 3.53. The first-order valence-corrected chi connectivity index (χ1v) is 7.38. The standard InChI is InChI=1S/C15H24BrNO2/c1-11(17)9-12-10-13(5-6-14(12)16)18-7-8-19-15(2,3)4/h5-6,10-11H,7-9,17H2,1-4H3. The smallest absolute Gasteiger partial charge is 0.119 e. The number of halogens is 1. The van der Waals surface area contributed by atoms with E-state index in [1.54, 1.807) is 0 Å². The molecule has 1 atom stereocenters. The summed E-state index contributed by atoms with van der Waals surface area (Å²) in [7, 11) is 0. The summed E-state index contributed by atoms with van der Waals surface area (Å²) in [5, 5.41) is 0. The van der Waals surface area contributed by atoms with Crippen molar-refractivity contribution in [2.24, 2.45) is 5.73 Å². The first kappa shape index (κ1) is 16.5. The van der Waals surface area contributed by atoms with Gasteiger partial charge in [-0.15, -0.1) is 0 Å². The molecule has 2 N–H and O–H groups in total. The Morgan fingerprint density at radius 2 is 1.95 bits per heavy atom. The molecule has 1 aromatic rings. The number of ether oxygens (including phenoxy) is 2. The highest BCUT2D eigenvalue weighted by Gasteiger charge is 2.10. The fraction of sp³-hybridized carbons (Fsp3) is 0.600. The Morgan fingerprint density at radius 3 is 2.53 bits per heavy atom. The molecule has 0 bridgehead atoms. The molecular formula is C15H24BrNO2. The zero-order valence-corrected chi connectivity index (χ0v) is 13.8. The second-order valence-corrected chi connectivity index (χ2v) is 6.60. The van der Waals surface area contributed by atoms with Gasteiger partial charge in [0.15, 0.2) is 0 Å². The van der Waals surface area contributed by atoms with Crippen molar-refractivity contribution in [2.45, 2.75) is 45.8 Å². The topological polar surface area (TPSA) is 44.5 Å². The van der Waals surface area contributed by atoms with E-state index in [9.17, 15) is 0 Å². The van der Waals surface area contributed by atoms with Gasteiger partial charge in [0.05, 0.1) is 12.2 Å². The summed E-state index contributed by atoms with van der Waals surface area (Å²) in [5.74, 6) is 0.858. The molecule has 0 saturated heterocycles. The molecule has 0 aliphatic carbocycles. The first-order chi connectivity index (χ1) is 8.78. The molecule has 0 saturated carbocycles. The van der Waals surface area contributed by atoms with Gasteiger partial charge < -0.3 is 15.2 Å². The third kappa shape index (κ3) is 6.95. The average molecular weight is 330 g/mol. The van der Waals surface area contributed by atoms with Crippen LogP contribution in [-0.4, -0.2) is 24.9 Å². The van der Waals surface area contributed by atoms with E-state index in [0.29, 0.717) is 13.2 Å². The molecule has 108 valence electrons. The Morgan fingerprint density at radius 1 is 1.26 bits per heavy atom. The monoisotopic (exact) mass is 329 g/mol. The van der Waals surface area contributed by atoms with Crippen LogP contribution in [0.25, 0.3) is 0 Å². The van der Waals surface area contributed by atoms with Crippen molar-refractivity contribution in [3.63, 3.8) is 0 Å². The molecule has 19 heavy (non-hydrogen) atoms. The SMILES string of the molecule is CC(N)Cc1cc(OCCOC(C)(C)C)ccc1Br. The van der Waals surface area contributed by atoms with Crippen molar-refractivity contribution < 1.29 is 9.47 Å². The van der Waals surface area contributed by atoms with Gasteiger partial charge in [-0.05, 0) is 57.9 Å². The maximum Gasteiger partial charge on any atom is 0.119 e. The number of nitrogens with two attached hydrogens (primary N) is 1. The molecule has 0 radical (unpaired) electrons. The average Bonchev–Trinajstić information content (AvgIpc) is 2.26. The van der Waals surface area contributed by atoms with Gasteiger partial charge >= 0.3 is 0 Å². The second-order valence-electron chi connectivity index (χ2n) is 5.74. The molecule has 0 aliphatic rings. The maximum atomic E-state index is 5.83. The van der Waals surface area contributed by atoms with Crippen molar-refractivity contribution in [3.05, 3.63) is 28.2 Å². The van der Waals surface area contributed by atoms with Crippen LogP contribution in [0.2, 0.25) is 0 Å². The van der Waals surface area contributed by atoms with E-state index in [1.165, 1.54) is 5.56 Å². The van der Waals surface area contributed by atoms with E-state index in [1.807, 2.05) is 45.9 Å². The van der Waals surface area contributed by atoms with Gasteiger partial charge in [0, 0.05) is 10.5 Å². The lowest BCUT2D eigenvalue weighted by molar-refractivity contribution is -0.0163. The van der Waals surface area contributed by atoms with Crippen LogP contribution in [0.15, 0.2) is 22.7 Å². The minimum Gasteiger partial charge on any atom is -0.491 e. The summed E-state index contributed by atoms with van der Waals surface area (Å²) in [5.41, 5.74) is 6.88. The minimum atomic E-state index is -0.122. The lowest BCUT2D eigenvalue weighted by Crippen LogP contribution is -2.22. The highest BCUT2D eigenvalue weighted by molar-refractivity contribution is 9.10. The third-order valence-corrected chi connectivity index (χ3v) is 3.22. The van der Waals surface area contributed by atoms with Crippen molar-refractivity contribution in [1.82, 2.24) is 0 Å².